The van der Waals surface area contributed by atoms with E-state index in [-0.39, 0.29) is 5.91 Å². The molecule has 1 aliphatic rings. The number of thiophene rings is 2. The number of nitrogens with one attached hydrogen (secondary N) is 1. The Morgan fingerprint density at radius 2 is 2.05 bits per heavy atom. The van der Waals surface area contributed by atoms with Crippen molar-refractivity contribution in [3.63, 3.8) is 0 Å². The van der Waals surface area contributed by atoms with Crippen LogP contribution in [0.4, 0.5) is 5.00 Å². The molecule has 2 heterocycles. The zero-order valence-electron chi connectivity index (χ0n) is 12.1. The zero-order chi connectivity index (χ0) is 15.0. The molecule has 108 valence electrons. The van der Waals surface area contributed by atoms with Crippen LogP contribution in [0.5, 0.6) is 0 Å². The standard InChI is InChI=1S/C16H16N2OS2/c1-9-7-14(20-10(9)2)15(19)18-16-12(8-17)11-5-3-4-6-13(11)21-16/h7H,3-6H2,1-2H3,(H,18,19). The average molecular weight is 316 g/mol. The van der Waals surface area contributed by atoms with Crippen LogP contribution < -0.4 is 5.32 Å². The molecule has 0 fully saturated rings. The largest absolute Gasteiger partial charge is 0.312 e. The lowest BCUT2D eigenvalue weighted by Gasteiger charge is -2.09. The molecule has 5 heteroatoms. The van der Waals surface area contributed by atoms with Gasteiger partial charge < -0.3 is 5.32 Å². The van der Waals surface area contributed by atoms with E-state index < -0.39 is 0 Å². The molecule has 0 bridgehead atoms. The van der Waals surface area contributed by atoms with Crippen LogP contribution in [0.25, 0.3) is 0 Å². The van der Waals surface area contributed by atoms with Gasteiger partial charge in [0.15, 0.2) is 0 Å². The molecule has 0 atom stereocenters. The second kappa shape index (κ2) is 5.63. The fourth-order valence-corrected chi connectivity index (χ4v) is 4.79. The maximum atomic E-state index is 12.4. The van der Waals surface area contributed by atoms with Gasteiger partial charge in [0.05, 0.1) is 10.4 Å². The van der Waals surface area contributed by atoms with Crippen molar-refractivity contribution in [1.29, 1.82) is 5.26 Å². The highest BCUT2D eigenvalue weighted by Gasteiger charge is 2.22. The van der Waals surface area contributed by atoms with Crippen molar-refractivity contribution in [2.75, 3.05) is 5.32 Å². The summed E-state index contributed by atoms with van der Waals surface area (Å²) in [6.45, 7) is 4.02. The molecule has 0 saturated carbocycles. The summed E-state index contributed by atoms with van der Waals surface area (Å²) in [7, 11) is 0. The third-order valence-corrected chi connectivity index (χ3v) is 6.26. The van der Waals surface area contributed by atoms with Crippen LogP contribution in [0, 0.1) is 25.2 Å². The van der Waals surface area contributed by atoms with Crippen molar-refractivity contribution in [3.05, 3.63) is 37.4 Å². The van der Waals surface area contributed by atoms with E-state index in [9.17, 15) is 10.1 Å². The fourth-order valence-electron chi connectivity index (χ4n) is 2.62. The highest BCUT2D eigenvalue weighted by molar-refractivity contribution is 7.17. The van der Waals surface area contributed by atoms with Crippen LogP contribution in [0.3, 0.4) is 0 Å². The summed E-state index contributed by atoms with van der Waals surface area (Å²) in [5, 5.41) is 13.1. The van der Waals surface area contributed by atoms with Crippen LogP contribution in [-0.4, -0.2) is 5.91 Å². The molecular formula is C16H16N2OS2. The van der Waals surface area contributed by atoms with Crippen LogP contribution in [0.1, 0.15) is 49.0 Å². The Hall–Kier alpha value is -1.64. The van der Waals surface area contributed by atoms with Crippen LogP contribution in [0.15, 0.2) is 6.07 Å². The molecule has 0 radical (unpaired) electrons. The van der Waals surface area contributed by atoms with Crippen molar-refractivity contribution >= 4 is 33.6 Å². The Balaban J connectivity index is 1.90. The van der Waals surface area contributed by atoms with Gasteiger partial charge in [-0.25, -0.2) is 0 Å². The first-order valence-corrected chi connectivity index (χ1v) is 8.66. The topological polar surface area (TPSA) is 52.9 Å². The van der Waals surface area contributed by atoms with Crippen molar-refractivity contribution in [2.24, 2.45) is 0 Å². The molecule has 0 aromatic carbocycles. The summed E-state index contributed by atoms with van der Waals surface area (Å²) in [6, 6.07) is 4.19. The summed E-state index contributed by atoms with van der Waals surface area (Å²) in [6.07, 6.45) is 4.30. The summed E-state index contributed by atoms with van der Waals surface area (Å²) in [5.74, 6) is -0.105. The molecule has 0 unspecified atom stereocenters. The van der Waals surface area contributed by atoms with Gasteiger partial charge in [-0.1, -0.05) is 0 Å². The van der Waals surface area contributed by atoms with Crippen LogP contribution in [0.2, 0.25) is 0 Å². The first-order chi connectivity index (χ1) is 10.1. The Morgan fingerprint density at radius 1 is 1.29 bits per heavy atom. The quantitative estimate of drug-likeness (QED) is 0.891. The number of rotatable bonds is 2. The summed E-state index contributed by atoms with van der Waals surface area (Å²) in [4.78, 5) is 15.5. The molecule has 1 amide bonds. The van der Waals surface area contributed by atoms with Crippen molar-refractivity contribution in [1.82, 2.24) is 0 Å². The number of nitriles is 1. The molecule has 0 aliphatic heterocycles. The maximum Gasteiger partial charge on any atom is 0.266 e. The van der Waals surface area contributed by atoms with Gasteiger partial charge in [-0.3, -0.25) is 4.79 Å². The summed E-state index contributed by atoms with van der Waals surface area (Å²) in [5.41, 5.74) is 2.96. The Bertz CT molecular complexity index is 730. The predicted molar refractivity (Wildman–Crippen MR) is 87.4 cm³/mol. The van der Waals surface area contributed by atoms with Gasteiger partial charge in [0.2, 0.25) is 0 Å². The van der Waals surface area contributed by atoms with E-state index in [1.807, 2.05) is 19.9 Å². The second-order valence-corrected chi connectivity index (χ2v) is 7.69. The first kappa shape index (κ1) is 14.3. The van der Waals surface area contributed by atoms with Crippen molar-refractivity contribution < 1.29 is 4.79 Å². The second-order valence-electron chi connectivity index (χ2n) is 5.33. The number of anilines is 1. The van der Waals surface area contributed by atoms with E-state index in [0.29, 0.717) is 10.4 Å². The predicted octanol–water partition coefficient (Wildman–Crippen LogP) is 4.43. The zero-order valence-corrected chi connectivity index (χ0v) is 13.7. The number of carbonyl (C=O) groups excluding carboxylic acids is 1. The Morgan fingerprint density at radius 3 is 2.71 bits per heavy atom. The number of amides is 1. The number of hydrogen-bond donors (Lipinski definition) is 1. The Kier molecular flexibility index (Phi) is 3.83. The molecule has 2 aromatic heterocycles. The average Bonchev–Trinajstić information content (AvgIpc) is 2.99. The van der Waals surface area contributed by atoms with Gasteiger partial charge in [-0.15, -0.1) is 22.7 Å². The number of aryl methyl sites for hydroxylation is 3. The Labute approximate surface area is 132 Å². The van der Waals surface area contributed by atoms with Gasteiger partial charge in [-0.2, -0.15) is 5.26 Å². The van der Waals surface area contributed by atoms with E-state index in [0.717, 1.165) is 40.3 Å². The highest BCUT2D eigenvalue weighted by atomic mass is 32.1. The normalized spacial score (nSPS) is 13.6. The van der Waals surface area contributed by atoms with Gasteiger partial charge in [-0.05, 0) is 56.7 Å². The molecule has 2 aromatic rings. The minimum Gasteiger partial charge on any atom is -0.312 e. The molecule has 3 nitrogen and oxygen atoms in total. The summed E-state index contributed by atoms with van der Waals surface area (Å²) < 4.78 is 0. The summed E-state index contributed by atoms with van der Waals surface area (Å²) >= 11 is 3.07. The molecule has 21 heavy (non-hydrogen) atoms. The molecule has 0 spiro atoms. The monoisotopic (exact) mass is 316 g/mol. The number of carbonyl (C=O) groups is 1. The van der Waals surface area contributed by atoms with E-state index in [1.165, 1.54) is 22.6 Å². The third kappa shape index (κ3) is 2.61. The fraction of sp³-hybridized carbons (Fsp3) is 0.375. The van der Waals surface area contributed by atoms with Gasteiger partial charge in [0.1, 0.15) is 11.1 Å². The minimum absolute atomic E-state index is 0.105. The van der Waals surface area contributed by atoms with Crippen molar-refractivity contribution in [3.8, 4) is 6.07 Å². The lowest BCUT2D eigenvalue weighted by atomic mass is 9.96. The van der Waals surface area contributed by atoms with Gasteiger partial charge in [0.25, 0.3) is 5.91 Å². The number of hydrogen-bond acceptors (Lipinski definition) is 4. The van der Waals surface area contributed by atoms with Crippen LogP contribution in [-0.2, 0) is 12.8 Å². The molecule has 1 aliphatic carbocycles. The number of fused-ring (bicyclic) bond motifs is 1. The van der Waals surface area contributed by atoms with Gasteiger partial charge in [0, 0.05) is 9.75 Å². The minimum atomic E-state index is -0.105. The van der Waals surface area contributed by atoms with E-state index in [2.05, 4.69) is 11.4 Å². The van der Waals surface area contributed by atoms with E-state index in [1.54, 1.807) is 11.3 Å². The molecular weight excluding hydrogens is 300 g/mol. The highest BCUT2D eigenvalue weighted by Crippen LogP contribution is 2.38. The molecule has 3 rings (SSSR count). The number of nitrogens with zero attached hydrogens (tertiary/aromatic N) is 1. The molecule has 1 N–H and O–H groups in total. The lowest BCUT2D eigenvalue weighted by Crippen LogP contribution is -2.10. The third-order valence-electron chi connectivity index (χ3n) is 3.90. The van der Waals surface area contributed by atoms with Crippen molar-refractivity contribution in [2.45, 2.75) is 39.5 Å². The smallest absolute Gasteiger partial charge is 0.266 e. The molecule has 0 saturated heterocycles. The van der Waals surface area contributed by atoms with E-state index >= 15 is 0 Å². The van der Waals surface area contributed by atoms with Gasteiger partial charge >= 0.3 is 0 Å². The maximum absolute atomic E-state index is 12.4. The van der Waals surface area contributed by atoms with E-state index in [4.69, 9.17) is 0 Å². The lowest BCUT2D eigenvalue weighted by molar-refractivity contribution is 0.103. The first-order valence-electron chi connectivity index (χ1n) is 7.03. The SMILES string of the molecule is Cc1cc(C(=O)Nc2sc3c(c2C#N)CCCC3)sc1C. The van der Waals surface area contributed by atoms with Crippen LogP contribution >= 0.6 is 22.7 Å².